The lowest BCUT2D eigenvalue weighted by atomic mass is 9.99. The smallest absolute Gasteiger partial charge is 0.405 e. The van der Waals surface area contributed by atoms with Crippen molar-refractivity contribution in [1.82, 2.24) is 10.3 Å². The Morgan fingerprint density at radius 2 is 1.90 bits per heavy atom. The van der Waals surface area contributed by atoms with Crippen molar-refractivity contribution >= 4 is 29.4 Å². The third-order valence-corrected chi connectivity index (χ3v) is 5.12. The number of nitrogens with zero attached hydrogens (tertiary/aromatic N) is 4. The van der Waals surface area contributed by atoms with Crippen LogP contribution in [0.25, 0.3) is 0 Å². The van der Waals surface area contributed by atoms with Crippen molar-refractivity contribution in [3.05, 3.63) is 21.8 Å². The summed E-state index contributed by atoms with van der Waals surface area (Å²) in [6.45, 7) is 5.87. The maximum atomic E-state index is 12.4. The van der Waals surface area contributed by atoms with Gasteiger partial charge in [-0.3, -0.25) is 4.79 Å². The van der Waals surface area contributed by atoms with E-state index in [4.69, 9.17) is 22.1 Å². The molecular weight excluding hydrogens is 396 g/mol. The number of amides is 2. The van der Waals surface area contributed by atoms with E-state index in [1.165, 1.54) is 13.8 Å². The Morgan fingerprint density at radius 3 is 2.38 bits per heavy atom. The van der Waals surface area contributed by atoms with Gasteiger partial charge >= 0.3 is 6.09 Å². The summed E-state index contributed by atoms with van der Waals surface area (Å²) in [6.07, 6.45) is 0.677. The summed E-state index contributed by atoms with van der Waals surface area (Å²) in [6, 6.07) is 4.05. The van der Waals surface area contributed by atoms with Crippen LogP contribution in [0.1, 0.15) is 50.3 Å². The molecule has 0 aromatic carbocycles. The number of hydrogen-bond acceptors (Lipinski definition) is 7. The van der Waals surface area contributed by atoms with Crippen LogP contribution in [-0.2, 0) is 16.0 Å². The number of halogens is 1. The van der Waals surface area contributed by atoms with E-state index in [0.717, 1.165) is 0 Å². The van der Waals surface area contributed by atoms with Gasteiger partial charge in [-0.25, -0.2) is 9.78 Å². The van der Waals surface area contributed by atoms with Crippen molar-refractivity contribution in [2.45, 2.75) is 51.7 Å². The lowest BCUT2D eigenvalue weighted by Gasteiger charge is -2.35. The Labute approximate surface area is 174 Å². The standard InChI is InChI=1S/C19H23ClN6O3/c1-4-12-13(9-21)15(20)25-16(14(12)10-22)26-7-5-11(6-8-26)24-17(27)19(2,3)29-18(23)28/h11H,4-8H2,1-3H3,(H2,23,28)(H,24,27). The lowest BCUT2D eigenvalue weighted by molar-refractivity contribution is -0.137. The number of piperidine rings is 1. The number of nitriles is 2. The molecule has 0 spiro atoms. The van der Waals surface area contributed by atoms with E-state index >= 15 is 0 Å². The molecule has 3 N–H and O–H groups in total. The second-order valence-electron chi connectivity index (χ2n) is 7.20. The zero-order valence-electron chi connectivity index (χ0n) is 16.6. The fourth-order valence-corrected chi connectivity index (χ4v) is 3.53. The van der Waals surface area contributed by atoms with Crippen molar-refractivity contribution in [2.24, 2.45) is 5.73 Å². The largest absolute Gasteiger partial charge is 0.434 e. The number of pyridine rings is 1. The lowest BCUT2D eigenvalue weighted by Crippen LogP contribution is -2.52. The van der Waals surface area contributed by atoms with Crippen molar-refractivity contribution in [2.75, 3.05) is 18.0 Å². The van der Waals surface area contributed by atoms with Crippen LogP contribution in [0.3, 0.4) is 0 Å². The van der Waals surface area contributed by atoms with Gasteiger partial charge in [-0.2, -0.15) is 10.5 Å². The molecule has 2 heterocycles. The molecule has 0 radical (unpaired) electrons. The molecule has 154 valence electrons. The zero-order valence-corrected chi connectivity index (χ0v) is 17.3. The average molecular weight is 419 g/mol. The number of primary amides is 1. The van der Waals surface area contributed by atoms with Gasteiger partial charge in [0, 0.05) is 19.1 Å². The first-order valence-electron chi connectivity index (χ1n) is 9.21. The van der Waals surface area contributed by atoms with Crippen molar-refractivity contribution in [3.63, 3.8) is 0 Å². The van der Waals surface area contributed by atoms with Crippen LogP contribution < -0.4 is 16.0 Å². The van der Waals surface area contributed by atoms with Gasteiger partial charge in [0.2, 0.25) is 0 Å². The molecule has 1 aliphatic rings. The van der Waals surface area contributed by atoms with E-state index in [1.54, 1.807) is 0 Å². The molecule has 0 aliphatic carbocycles. The number of hydrogen-bond donors (Lipinski definition) is 2. The van der Waals surface area contributed by atoms with Gasteiger partial charge in [0.15, 0.2) is 5.60 Å². The Bertz CT molecular complexity index is 895. The molecule has 2 rings (SSSR count). The second kappa shape index (κ2) is 8.97. The number of carbonyl (C=O) groups is 2. The molecule has 1 saturated heterocycles. The first kappa shape index (κ1) is 22.3. The molecule has 10 heteroatoms. The Balaban J connectivity index is 2.13. The topological polar surface area (TPSA) is 145 Å². The molecule has 2 amide bonds. The predicted octanol–water partition coefficient (Wildman–Crippen LogP) is 2.00. The van der Waals surface area contributed by atoms with E-state index < -0.39 is 17.6 Å². The quantitative estimate of drug-likeness (QED) is 0.695. The van der Waals surface area contributed by atoms with Crippen LogP contribution in [0.2, 0.25) is 5.15 Å². The summed E-state index contributed by atoms with van der Waals surface area (Å²) in [5.41, 5.74) is 4.81. The molecule has 1 fully saturated rings. The van der Waals surface area contributed by atoms with E-state index in [1.807, 2.05) is 17.9 Å². The van der Waals surface area contributed by atoms with Crippen LogP contribution in [0.4, 0.5) is 10.6 Å². The summed E-state index contributed by atoms with van der Waals surface area (Å²) in [7, 11) is 0. The Morgan fingerprint density at radius 1 is 1.31 bits per heavy atom. The van der Waals surface area contributed by atoms with Crippen LogP contribution in [0.5, 0.6) is 0 Å². The minimum atomic E-state index is -1.37. The fourth-order valence-electron chi connectivity index (χ4n) is 3.30. The van der Waals surface area contributed by atoms with Crippen LogP contribution >= 0.6 is 11.6 Å². The van der Waals surface area contributed by atoms with Gasteiger partial charge in [-0.05, 0) is 38.7 Å². The number of carbonyl (C=O) groups excluding carboxylic acids is 2. The Kier molecular flexibility index (Phi) is 6.89. The normalized spacial score (nSPS) is 14.6. The number of ether oxygens (including phenoxy) is 1. The Hall–Kier alpha value is -3.04. The average Bonchev–Trinajstić information content (AvgIpc) is 2.66. The van der Waals surface area contributed by atoms with Gasteiger partial charge in [0.05, 0.1) is 11.1 Å². The second-order valence-corrected chi connectivity index (χ2v) is 7.56. The van der Waals surface area contributed by atoms with Gasteiger partial charge in [-0.15, -0.1) is 0 Å². The molecule has 0 bridgehead atoms. The highest BCUT2D eigenvalue weighted by molar-refractivity contribution is 6.30. The molecule has 1 aromatic rings. The summed E-state index contributed by atoms with van der Waals surface area (Å²) >= 11 is 6.17. The summed E-state index contributed by atoms with van der Waals surface area (Å²) < 4.78 is 4.85. The van der Waals surface area contributed by atoms with Crippen LogP contribution in [-0.4, -0.2) is 41.7 Å². The zero-order chi connectivity index (χ0) is 21.8. The molecule has 0 atom stereocenters. The van der Waals surface area contributed by atoms with Crippen molar-refractivity contribution in [3.8, 4) is 12.1 Å². The van der Waals surface area contributed by atoms with Crippen LogP contribution in [0.15, 0.2) is 0 Å². The third-order valence-electron chi connectivity index (χ3n) is 4.85. The van der Waals surface area contributed by atoms with Gasteiger partial charge < -0.3 is 20.7 Å². The summed E-state index contributed by atoms with van der Waals surface area (Å²) in [5, 5.41) is 21.9. The van der Waals surface area contributed by atoms with E-state index in [2.05, 4.69) is 16.4 Å². The number of nitrogens with one attached hydrogen (secondary N) is 1. The minimum Gasteiger partial charge on any atom is -0.434 e. The number of anilines is 1. The highest BCUT2D eigenvalue weighted by atomic mass is 35.5. The highest BCUT2D eigenvalue weighted by Gasteiger charge is 2.34. The maximum absolute atomic E-state index is 12.4. The first-order valence-corrected chi connectivity index (χ1v) is 9.59. The maximum Gasteiger partial charge on any atom is 0.405 e. The van der Waals surface area contributed by atoms with Gasteiger partial charge in [-0.1, -0.05) is 18.5 Å². The number of rotatable bonds is 5. The third kappa shape index (κ3) is 4.87. The van der Waals surface area contributed by atoms with Crippen molar-refractivity contribution in [1.29, 1.82) is 10.5 Å². The van der Waals surface area contributed by atoms with E-state index in [-0.39, 0.29) is 16.8 Å². The van der Waals surface area contributed by atoms with Crippen LogP contribution in [0, 0.1) is 22.7 Å². The predicted molar refractivity (Wildman–Crippen MR) is 106 cm³/mol. The molecule has 0 saturated carbocycles. The molecule has 1 aromatic heterocycles. The molecule has 1 aliphatic heterocycles. The monoisotopic (exact) mass is 418 g/mol. The minimum absolute atomic E-state index is 0.0825. The summed E-state index contributed by atoms with van der Waals surface area (Å²) in [4.78, 5) is 29.5. The van der Waals surface area contributed by atoms with Crippen molar-refractivity contribution < 1.29 is 14.3 Å². The number of aromatic nitrogens is 1. The summed E-state index contributed by atoms with van der Waals surface area (Å²) in [5.74, 6) is 0.0239. The van der Waals surface area contributed by atoms with Gasteiger partial charge in [0.25, 0.3) is 5.91 Å². The molecule has 9 nitrogen and oxygen atoms in total. The SMILES string of the molecule is CCc1c(C#N)c(Cl)nc(N2CCC(NC(=O)C(C)(C)OC(N)=O)CC2)c1C#N. The molecule has 0 unspecified atom stereocenters. The van der Waals surface area contributed by atoms with Gasteiger partial charge in [0.1, 0.15) is 23.1 Å². The molecular formula is C19H23ClN6O3. The number of nitrogens with two attached hydrogens (primary N) is 1. The molecule has 29 heavy (non-hydrogen) atoms. The van der Waals surface area contributed by atoms with E-state index in [9.17, 15) is 20.1 Å². The fraction of sp³-hybridized carbons (Fsp3) is 0.526. The van der Waals surface area contributed by atoms with E-state index in [0.29, 0.717) is 49.3 Å². The highest BCUT2D eigenvalue weighted by Crippen LogP contribution is 2.31. The first-order chi connectivity index (χ1) is 13.6.